The molecule has 1 aromatic rings. The van der Waals surface area contributed by atoms with E-state index < -0.39 is 0 Å². The molecule has 72 valence electrons. The summed E-state index contributed by atoms with van der Waals surface area (Å²) in [4.78, 5) is 11.9. The van der Waals surface area contributed by atoms with Crippen molar-refractivity contribution in [3.63, 3.8) is 0 Å². The molecule has 14 heavy (non-hydrogen) atoms. The predicted molar refractivity (Wildman–Crippen MR) is 55.0 cm³/mol. The first kappa shape index (κ1) is 9.47. The van der Waals surface area contributed by atoms with Gasteiger partial charge in [0, 0.05) is 12.0 Å². The normalized spacial score (nSPS) is 18.0. The van der Waals surface area contributed by atoms with Gasteiger partial charge >= 0.3 is 0 Å². The van der Waals surface area contributed by atoms with Gasteiger partial charge in [-0.25, -0.2) is 0 Å². The maximum absolute atomic E-state index is 11.9. The molecule has 0 atom stereocenters. The summed E-state index contributed by atoms with van der Waals surface area (Å²) in [6.45, 7) is 4.44. The summed E-state index contributed by atoms with van der Waals surface area (Å²) < 4.78 is 2.67. The average molecular weight is 253 g/mol. The highest BCUT2D eigenvalue weighted by Gasteiger charge is 2.40. The maximum atomic E-state index is 11.9. The Balaban J connectivity index is 2.68. The molecule has 0 spiro atoms. The smallest absolute Gasteiger partial charge is 0.187 e. The number of nitriles is 1. The van der Waals surface area contributed by atoms with E-state index in [1.54, 1.807) is 6.07 Å². The molecule has 2 rings (SSSR count). The van der Waals surface area contributed by atoms with Gasteiger partial charge in [-0.1, -0.05) is 13.8 Å². The van der Waals surface area contributed by atoms with Crippen LogP contribution in [0.1, 0.15) is 29.9 Å². The first-order valence-electron chi connectivity index (χ1n) is 4.31. The highest BCUT2D eigenvalue weighted by Crippen LogP contribution is 2.37. The van der Waals surface area contributed by atoms with Crippen molar-refractivity contribution in [1.82, 2.24) is 4.57 Å². The molecule has 0 saturated carbocycles. The molecular formula is C10H9BrN2O. The van der Waals surface area contributed by atoms with Crippen LogP contribution in [0.5, 0.6) is 0 Å². The molecule has 4 heteroatoms. The zero-order chi connectivity index (χ0) is 10.5. The highest BCUT2D eigenvalue weighted by atomic mass is 79.9. The van der Waals surface area contributed by atoms with Crippen LogP contribution in [0.3, 0.4) is 0 Å². The van der Waals surface area contributed by atoms with E-state index in [0.717, 1.165) is 4.60 Å². The Hall–Kier alpha value is -1.08. The van der Waals surface area contributed by atoms with Crippen LogP contribution in [-0.4, -0.2) is 10.4 Å². The van der Waals surface area contributed by atoms with E-state index in [1.165, 1.54) is 0 Å². The maximum Gasteiger partial charge on any atom is 0.187 e. The molecule has 0 aliphatic carbocycles. The van der Waals surface area contributed by atoms with Crippen molar-refractivity contribution < 1.29 is 4.79 Å². The van der Waals surface area contributed by atoms with Gasteiger partial charge in [0.25, 0.3) is 0 Å². The van der Waals surface area contributed by atoms with Crippen LogP contribution >= 0.6 is 15.9 Å². The first-order chi connectivity index (χ1) is 6.47. The molecule has 0 amide bonds. The Morgan fingerprint density at radius 2 is 2.29 bits per heavy atom. The number of hydrogen-bond donors (Lipinski definition) is 0. The molecular weight excluding hydrogens is 244 g/mol. The number of nitrogens with zero attached hydrogens (tertiary/aromatic N) is 2. The minimum Gasteiger partial charge on any atom is -0.331 e. The Morgan fingerprint density at radius 1 is 1.64 bits per heavy atom. The summed E-state index contributed by atoms with van der Waals surface area (Å²) in [5, 5.41) is 8.87. The number of aromatic nitrogens is 1. The van der Waals surface area contributed by atoms with E-state index in [2.05, 4.69) is 15.9 Å². The Morgan fingerprint density at radius 3 is 2.86 bits per heavy atom. The van der Waals surface area contributed by atoms with Gasteiger partial charge in [0.2, 0.25) is 0 Å². The predicted octanol–water partition coefficient (Wildman–Crippen LogP) is 2.34. The second-order valence-electron chi connectivity index (χ2n) is 4.14. The molecule has 0 aromatic carbocycles. The van der Waals surface area contributed by atoms with Gasteiger partial charge in [-0.3, -0.25) is 4.79 Å². The van der Waals surface area contributed by atoms with Gasteiger partial charge in [0.15, 0.2) is 5.78 Å². The lowest BCUT2D eigenvalue weighted by molar-refractivity contribution is 0.0860. The van der Waals surface area contributed by atoms with Gasteiger partial charge in [-0.05, 0) is 22.0 Å². The lowest BCUT2D eigenvalue weighted by Crippen LogP contribution is -2.20. The topological polar surface area (TPSA) is 45.8 Å². The van der Waals surface area contributed by atoms with Crippen LogP contribution < -0.4 is 0 Å². The second kappa shape index (κ2) is 2.71. The number of ketones is 1. The molecule has 0 saturated heterocycles. The fourth-order valence-corrected chi connectivity index (χ4v) is 2.32. The third-order valence-corrected chi connectivity index (χ3v) is 3.21. The van der Waals surface area contributed by atoms with Crippen LogP contribution in [0.25, 0.3) is 0 Å². The number of rotatable bonds is 0. The lowest BCUT2D eigenvalue weighted by atomic mass is 9.89. The molecule has 1 aromatic heterocycles. The van der Waals surface area contributed by atoms with Gasteiger partial charge in [-0.15, -0.1) is 0 Å². The van der Waals surface area contributed by atoms with Gasteiger partial charge < -0.3 is 4.57 Å². The fourth-order valence-electron chi connectivity index (χ4n) is 1.79. The van der Waals surface area contributed by atoms with E-state index >= 15 is 0 Å². The highest BCUT2D eigenvalue weighted by molar-refractivity contribution is 9.10. The molecule has 2 heterocycles. The van der Waals surface area contributed by atoms with Gasteiger partial charge in [-0.2, -0.15) is 5.26 Å². The number of fused-ring (bicyclic) bond motifs is 1. The van der Waals surface area contributed by atoms with Crippen molar-refractivity contribution in [1.29, 1.82) is 5.26 Å². The van der Waals surface area contributed by atoms with Crippen LogP contribution in [0.2, 0.25) is 0 Å². The van der Waals surface area contributed by atoms with E-state index in [0.29, 0.717) is 17.8 Å². The number of carbonyl (C=O) groups is 1. The van der Waals surface area contributed by atoms with Crippen molar-refractivity contribution in [3.05, 3.63) is 21.9 Å². The average Bonchev–Trinajstić information content (AvgIpc) is 2.52. The van der Waals surface area contributed by atoms with Crippen molar-refractivity contribution >= 4 is 21.7 Å². The molecule has 1 aliphatic heterocycles. The van der Waals surface area contributed by atoms with E-state index in [1.807, 2.05) is 24.5 Å². The first-order valence-corrected chi connectivity index (χ1v) is 5.10. The summed E-state index contributed by atoms with van der Waals surface area (Å²) in [5.41, 5.74) is 0.627. The van der Waals surface area contributed by atoms with E-state index in [-0.39, 0.29) is 11.2 Å². The van der Waals surface area contributed by atoms with Crippen molar-refractivity contribution in [2.24, 2.45) is 5.41 Å². The standard InChI is InChI=1S/C10H9BrN2O/c1-10(2)5-13-7(11)3-6(4-12)8(13)9(10)14/h3H,5H2,1-2H3. The number of hydrogen-bond acceptors (Lipinski definition) is 2. The van der Waals surface area contributed by atoms with Crippen molar-refractivity contribution in [2.45, 2.75) is 20.4 Å². The third-order valence-electron chi connectivity index (χ3n) is 2.55. The summed E-state index contributed by atoms with van der Waals surface area (Å²) >= 11 is 3.35. The molecule has 0 fully saturated rings. The zero-order valence-electron chi connectivity index (χ0n) is 7.97. The minimum atomic E-state index is -0.384. The summed E-state index contributed by atoms with van der Waals surface area (Å²) in [6, 6.07) is 3.74. The summed E-state index contributed by atoms with van der Waals surface area (Å²) in [7, 11) is 0. The SMILES string of the molecule is CC1(C)Cn2c(Br)cc(C#N)c2C1=O. The minimum absolute atomic E-state index is 0.0553. The Kier molecular flexibility index (Phi) is 1.83. The second-order valence-corrected chi connectivity index (χ2v) is 4.95. The molecule has 1 aliphatic rings. The number of halogens is 1. The van der Waals surface area contributed by atoms with Crippen LogP contribution in [0.15, 0.2) is 10.7 Å². The molecule has 0 unspecified atom stereocenters. The Bertz CT molecular complexity index is 465. The van der Waals surface area contributed by atoms with Gasteiger partial charge in [0.1, 0.15) is 11.8 Å². The lowest BCUT2D eigenvalue weighted by Gasteiger charge is -2.13. The van der Waals surface area contributed by atoms with E-state index in [4.69, 9.17) is 5.26 Å². The molecule has 3 nitrogen and oxygen atoms in total. The van der Waals surface area contributed by atoms with Crippen molar-refractivity contribution in [2.75, 3.05) is 0 Å². The van der Waals surface area contributed by atoms with E-state index in [9.17, 15) is 4.79 Å². The third kappa shape index (κ3) is 1.05. The number of carbonyl (C=O) groups excluding carboxylic acids is 1. The zero-order valence-corrected chi connectivity index (χ0v) is 9.55. The quantitative estimate of drug-likeness (QED) is 0.712. The monoisotopic (exact) mass is 252 g/mol. The largest absolute Gasteiger partial charge is 0.331 e. The fraction of sp³-hybridized carbons (Fsp3) is 0.400. The number of Topliss-reactive ketones (excluding diaryl/α,β-unsaturated/α-hetero) is 1. The molecule has 0 bridgehead atoms. The van der Waals surface area contributed by atoms with Crippen LogP contribution in [0, 0.1) is 16.7 Å². The summed E-state index contributed by atoms with van der Waals surface area (Å²) in [6.07, 6.45) is 0. The molecule has 0 N–H and O–H groups in total. The van der Waals surface area contributed by atoms with Gasteiger partial charge in [0.05, 0.1) is 10.2 Å². The Labute approximate surface area is 90.5 Å². The molecule has 0 radical (unpaired) electrons. The van der Waals surface area contributed by atoms with Crippen LogP contribution in [0.4, 0.5) is 0 Å². The summed E-state index contributed by atoms with van der Waals surface area (Å²) in [5.74, 6) is 0.0553. The van der Waals surface area contributed by atoms with Crippen LogP contribution in [-0.2, 0) is 6.54 Å². The van der Waals surface area contributed by atoms with Crippen molar-refractivity contribution in [3.8, 4) is 6.07 Å².